The Morgan fingerprint density at radius 3 is 2.33 bits per heavy atom. The molecule has 4 aromatic rings. The van der Waals surface area contributed by atoms with E-state index in [0.29, 0.717) is 36.2 Å². The van der Waals surface area contributed by atoms with E-state index >= 15 is 0 Å². The number of nitrogens with zero attached hydrogens (tertiary/aromatic N) is 5. The molecule has 200 valence electrons. The average Bonchev–Trinajstić information content (AvgIpc) is 3.34. The van der Waals surface area contributed by atoms with Crippen LogP contribution >= 0.6 is 0 Å². The van der Waals surface area contributed by atoms with Crippen LogP contribution in [-0.4, -0.2) is 57.5 Å². The van der Waals surface area contributed by atoms with Gasteiger partial charge in [0.1, 0.15) is 5.82 Å². The number of rotatable bonds is 8. The zero-order valence-corrected chi connectivity index (χ0v) is 23.3. The van der Waals surface area contributed by atoms with Crippen LogP contribution in [0.4, 0.5) is 5.82 Å². The summed E-state index contributed by atoms with van der Waals surface area (Å²) in [6, 6.07) is 20.2. The number of anilines is 1. The first-order valence-corrected chi connectivity index (χ1v) is 13.4. The van der Waals surface area contributed by atoms with Crippen LogP contribution in [0, 0.1) is 6.92 Å². The van der Waals surface area contributed by atoms with E-state index in [1.54, 1.807) is 12.4 Å². The molecule has 0 radical (unpaired) electrons. The highest BCUT2D eigenvalue weighted by atomic mass is 16.2. The van der Waals surface area contributed by atoms with Crippen molar-refractivity contribution in [3.63, 3.8) is 0 Å². The first kappa shape index (κ1) is 26.4. The second-order valence-electron chi connectivity index (χ2n) is 10.7. The number of carbonyl (C=O) groups is 2. The summed E-state index contributed by atoms with van der Waals surface area (Å²) in [6.07, 6.45) is 3.68. The smallest absolute Gasteiger partial charge is 0.253 e. The zero-order valence-electron chi connectivity index (χ0n) is 23.3. The van der Waals surface area contributed by atoms with Crippen molar-refractivity contribution in [2.45, 2.75) is 39.2 Å². The van der Waals surface area contributed by atoms with E-state index in [9.17, 15) is 9.59 Å². The van der Waals surface area contributed by atoms with Crippen LogP contribution in [0.25, 0.3) is 11.3 Å². The van der Waals surface area contributed by atoms with Gasteiger partial charge in [0.2, 0.25) is 0 Å². The van der Waals surface area contributed by atoms with Crippen molar-refractivity contribution < 1.29 is 9.59 Å². The molecule has 0 atom stereocenters. The molecule has 0 saturated carbocycles. The predicted molar refractivity (Wildman–Crippen MR) is 154 cm³/mol. The number of amides is 1. The number of ketones is 1. The van der Waals surface area contributed by atoms with Crippen LogP contribution in [0.2, 0.25) is 0 Å². The van der Waals surface area contributed by atoms with Crippen LogP contribution in [0.1, 0.15) is 57.2 Å². The van der Waals surface area contributed by atoms with Crippen LogP contribution in [0.15, 0.2) is 73.1 Å². The predicted octanol–water partition coefficient (Wildman–Crippen LogP) is 5.30. The van der Waals surface area contributed by atoms with Crippen LogP contribution in [0.5, 0.6) is 0 Å². The lowest BCUT2D eigenvalue weighted by atomic mass is 9.89. The Morgan fingerprint density at radius 2 is 1.72 bits per heavy atom. The van der Waals surface area contributed by atoms with Gasteiger partial charge in [-0.1, -0.05) is 30.3 Å². The number of hydrogen-bond acceptors (Lipinski definition) is 5. The van der Waals surface area contributed by atoms with Crippen molar-refractivity contribution in [3.8, 4) is 11.3 Å². The summed E-state index contributed by atoms with van der Waals surface area (Å²) in [7, 11) is 3.92. The number of hydrogen-bond donors (Lipinski definition) is 0. The van der Waals surface area contributed by atoms with Crippen molar-refractivity contribution in [1.82, 2.24) is 19.7 Å². The summed E-state index contributed by atoms with van der Waals surface area (Å²) in [6.45, 7) is 7.55. The summed E-state index contributed by atoms with van der Waals surface area (Å²) >= 11 is 0. The first-order valence-electron chi connectivity index (χ1n) is 13.4. The van der Waals surface area contributed by atoms with Crippen molar-refractivity contribution >= 4 is 17.5 Å². The Hall–Kier alpha value is -4.26. The third kappa shape index (κ3) is 5.48. The number of aryl methyl sites for hydroxylation is 2. The van der Waals surface area contributed by atoms with Gasteiger partial charge in [0.25, 0.3) is 5.91 Å². The number of benzene rings is 2. The minimum absolute atomic E-state index is 0.00691. The largest absolute Gasteiger partial charge is 0.357 e. The molecule has 2 aromatic carbocycles. The SMILES string of the molecule is Cc1ccc(C(=O)N2CC(c3ccc(-c4ccnn4C)cc3)C2)cc1CC(=O)c1ccc(N(C)C(C)C)nc1. The van der Waals surface area contributed by atoms with Crippen molar-refractivity contribution in [2.75, 3.05) is 25.0 Å². The topological polar surface area (TPSA) is 71.3 Å². The minimum atomic E-state index is -0.00691. The van der Waals surface area contributed by atoms with Gasteiger partial charge >= 0.3 is 0 Å². The van der Waals surface area contributed by atoms with E-state index < -0.39 is 0 Å². The lowest BCUT2D eigenvalue weighted by Crippen LogP contribution is -2.48. The molecule has 3 heterocycles. The fourth-order valence-electron chi connectivity index (χ4n) is 4.92. The lowest BCUT2D eigenvalue weighted by Gasteiger charge is -2.39. The van der Waals surface area contributed by atoms with Gasteiger partial charge in [-0.15, -0.1) is 0 Å². The average molecular weight is 522 g/mol. The molecule has 2 aromatic heterocycles. The number of pyridine rings is 1. The Morgan fingerprint density at radius 1 is 1.00 bits per heavy atom. The molecule has 5 rings (SSSR count). The van der Waals surface area contributed by atoms with E-state index in [0.717, 1.165) is 28.2 Å². The standard InChI is InChI=1S/C32H35N5O2/c1-21(2)35(4)31-13-12-26(18-33-31)30(38)17-27-16-25(7-6-22(27)3)32(39)37-19-28(20-37)23-8-10-24(11-9-23)29-14-15-34-36(29)5/h6-16,18,21,28H,17,19-20H2,1-5H3. The molecule has 1 aliphatic rings. The van der Waals surface area contributed by atoms with Crippen molar-refractivity contribution in [1.29, 1.82) is 0 Å². The molecule has 0 N–H and O–H groups in total. The highest BCUT2D eigenvalue weighted by Gasteiger charge is 2.32. The van der Waals surface area contributed by atoms with Gasteiger partial charge in [-0.25, -0.2) is 4.98 Å². The summed E-state index contributed by atoms with van der Waals surface area (Å²) in [5, 5.41) is 4.24. The Kier molecular flexibility index (Phi) is 7.33. The molecule has 1 amide bonds. The van der Waals surface area contributed by atoms with E-state index in [-0.39, 0.29) is 18.1 Å². The third-order valence-corrected chi connectivity index (χ3v) is 7.82. The van der Waals surface area contributed by atoms with Crippen LogP contribution < -0.4 is 4.90 Å². The molecular weight excluding hydrogens is 486 g/mol. The summed E-state index contributed by atoms with van der Waals surface area (Å²) in [5.41, 5.74) is 6.51. The Bertz CT molecular complexity index is 1480. The fraction of sp³-hybridized carbons (Fsp3) is 0.312. The maximum Gasteiger partial charge on any atom is 0.253 e. The second-order valence-corrected chi connectivity index (χ2v) is 10.7. The quantitative estimate of drug-likeness (QED) is 0.294. The molecule has 1 fully saturated rings. The van der Waals surface area contributed by atoms with Crippen molar-refractivity contribution in [3.05, 3.63) is 101 Å². The Labute approximate surface area is 230 Å². The van der Waals surface area contributed by atoms with E-state index in [2.05, 4.69) is 53.1 Å². The van der Waals surface area contributed by atoms with Crippen LogP contribution in [-0.2, 0) is 13.5 Å². The van der Waals surface area contributed by atoms with Crippen molar-refractivity contribution in [2.24, 2.45) is 7.05 Å². The monoisotopic (exact) mass is 521 g/mol. The molecule has 7 nitrogen and oxygen atoms in total. The maximum atomic E-state index is 13.2. The fourth-order valence-corrected chi connectivity index (χ4v) is 4.92. The molecule has 0 bridgehead atoms. The normalized spacial score (nSPS) is 13.4. The number of likely N-dealkylation sites (tertiary alicyclic amines) is 1. The highest BCUT2D eigenvalue weighted by Crippen LogP contribution is 2.30. The number of Topliss-reactive ketones (excluding diaryl/α,β-unsaturated/α-hetero) is 1. The molecular formula is C32H35N5O2. The van der Waals surface area contributed by atoms with Gasteiger partial charge in [0.15, 0.2) is 5.78 Å². The molecule has 1 aliphatic heterocycles. The molecule has 1 saturated heterocycles. The molecule has 7 heteroatoms. The zero-order chi connectivity index (χ0) is 27.7. The van der Waals surface area contributed by atoms with Gasteiger partial charge in [-0.2, -0.15) is 5.10 Å². The number of aromatic nitrogens is 3. The van der Waals surface area contributed by atoms with E-state index in [4.69, 9.17) is 0 Å². The van der Waals surface area contributed by atoms with Gasteiger partial charge in [-0.3, -0.25) is 14.3 Å². The maximum absolute atomic E-state index is 13.2. The van der Waals surface area contributed by atoms with E-state index in [1.165, 1.54) is 5.56 Å². The molecule has 0 spiro atoms. The summed E-state index contributed by atoms with van der Waals surface area (Å²) in [4.78, 5) is 34.7. The van der Waals surface area contributed by atoms with Crippen LogP contribution in [0.3, 0.4) is 0 Å². The molecule has 39 heavy (non-hydrogen) atoms. The Balaban J connectivity index is 1.21. The summed E-state index contributed by atoms with van der Waals surface area (Å²) < 4.78 is 1.86. The third-order valence-electron chi connectivity index (χ3n) is 7.82. The van der Waals surface area contributed by atoms with Gasteiger partial charge in [0.05, 0.1) is 5.69 Å². The first-order chi connectivity index (χ1) is 18.7. The van der Waals surface area contributed by atoms with Gasteiger partial charge < -0.3 is 9.80 Å². The minimum Gasteiger partial charge on any atom is -0.357 e. The second kappa shape index (κ2) is 10.8. The lowest BCUT2D eigenvalue weighted by molar-refractivity contribution is 0.0602. The van der Waals surface area contributed by atoms with E-state index in [1.807, 2.05) is 67.0 Å². The number of carbonyl (C=O) groups excluding carboxylic acids is 2. The summed E-state index contributed by atoms with van der Waals surface area (Å²) in [5.74, 6) is 1.16. The van der Waals surface area contributed by atoms with Gasteiger partial charge in [0, 0.05) is 69.1 Å². The van der Waals surface area contributed by atoms with Gasteiger partial charge in [-0.05, 0) is 73.4 Å². The molecule has 0 unspecified atom stereocenters. The highest BCUT2D eigenvalue weighted by molar-refractivity contribution is 5.99. The molecule has 0 aliphatic carbocycles.